The van der Waals surface area contributed by atoms with E-state index >= 15 is 0 Å². The van der Waals surface area contributed by atoms with Crippen molar-refractivity contribution in [1.29, 1.82) is 0 Å². The number of benzene rings is 1. The summed E-state index contributed by atoms with van der Waals surface area (Å²) in [7, 11) is 0. The quantitative estimate of drug-likeness (QED) is 0.896. The number of likely N-dealkylation sites (tertiary alicyclic amines) is 1. The lowest BCUT2D eigenvalue weighted by Gasteiger charge is -2.25. The SMILES string of the molecule is NC(=O)Oc1ccc2c(c1)c(CN1CCCC1)cn2C1CCNCC1. The van der Waals surface area contributed by atoms with Crippen LogP contribution in [0.3, 0.4) is 0 Å². The number of carbonyl (C=O) groups is 1. The van der Waals surface area contributed by atoms with Crippen LogP contribution >= 0.6 is 0 Å². The Kier molecular flexibility index (Phi) is 4.63. The Hall–Kier alpha value is -2.05. The van der Waals surface area contributed by atoms with Gasteiger partial charge in [0.1, 0.15) is 5.75 Å². The number of nitrogens with one attached hydrogen (secondary N) is 1. The van der Waals surface area contributed by atoms with E-state index in [4.69, 9.17) is 10.5 Å². The van der Waals surface area contributed by atoms with Crippen molar-refractivity contribution < 1.29 is 9.53 Å². The maximum atomic E-state index is 11.1. The molecule has 0 bridgehead atoms. The van der Waals surface area contributed by atoms with Crippen LogP contribution in [0.15, 0.2) is 24.4 Å². The zero-order valence-corrected chi connectivity index (χ0v) is 14.5. The molecule has 0 spiro atoms. The van der Waals surface area contributed by atoms with Gasteiger partial charge < -0.3 is 20.4 Å². The molecule has 0 aliphatic carbocycles. The molecule has 0 radical (unpaired) electrons. The van der Waals surface area contributed by atoms with Crippen LogP contribution in [0.5, 0.6) is 5.75 Å². The van der Waals surface area contributed by atoms with Gasteiger partial charge in [-0.05, 0) is 75.6 Å². The van der Waals surface area contributed by atoms with Gasteiger partial charge in [-0.15, -0.1) is 0 Å². The van der Waals surface area contributed by atoms with Crippen LogP contribution < -0.4 is 15.8 Å². The fourth-order valence-electron chi connectivity index (χ4n) is 4.18. The van der Waals surface area contributed by atoms with Crippen LogP contribution in [-0.2, 0) is 6.54 Å². The lowest BCUT2D eigenvalue weighted by atomic mass is 10.1. The molecule has 0 atom stereocenters. The molecule has 134 valence electrons. The Balaban J connectivity index is 1.72. The number of nitrogens with zero attached hydrogens (tertiary/aromatic N) is 2. The molecule has 1 amide bonds. The van der Waals surface area contributed by atoms with Crippen molar-refractivity contribution >= 4 is 17.0 Å². The van der Waals surface area contributed by atoms with Crippen LogP contribution in [-0.4, -0.2) is 41.7 Å². The van der Waals surface area contributed by atoms with Crippen LogP contribution in [0.25, 0.3) is 10.9 Å². The van der Waals surface area contributed by atoms with E-state index in [1.54, 1.807) is 0 Å². The van der Waals surface area contributed by atoms with Crippen molar-refractivity contribution in [3.8, 4) is 5.75 Å². The largest absolute Gasteiger partial charge is 0.410 e. The third-order valence-corrected chi connectivity index (χ3v) is 5.40. The van der Waals surface area contributed by atoms with E-state index in [9.17, 15) is 4.79 Å². The van der Waals surface area contributed by atoms with Crippen molar-refractivity contribution in [3.63, 3.8) is 0 Å². The number of aromatic nitrogens is 1. The smallest absolute Gasteiger partial charge is 0.409 e. The second-order valence-electron chi connectivity index (χ2n) is 7.13. The van der Waals surface area contributed by atoms with Crippen molar-refractivity contribution in [2.45, 2.75) is 38.3 Å². The molecule has 25 heavy (non-hydrogen) atoms. The van der Waals surface area contributed by atoms with Gasteiger partial charge >= 0.3 is 6.09 Å². The molecule has 2 fully saturated rings. The van der Waals surface area contributed by atoms with E-state index in [-0.39, 0.29) is 0 Å². The molecule has 1 aromatic carbocycles. The van der Waals surface area contributed by atoms with Crippen molar-refractivity contribution in [3.05, 3.63) is 30.0 Å². The fraction of sp³-hybridized carbons (Fsp3) is 0.526. The number of carbonyl (C=O) groups excluding carboxylic acids is 1. The van der Waals surface area contributed by atoms with Gasteiger partial charge in [0.25, 0.3) is 0 Å². The van der Waals surface area contributed by atoms with Gasteiger partial charge in [0.15, 0.2) is 0 Å². The van der Waals surface area contributed by atoms with Crippen LogP contribution in [0, 0.1) is 0 Å². The summed E-state index contributed by atoms with van der Waals surface area (Å²) in [5, 5.41) is 4.61. The Bertz CT molecular complexity index is 758. The predicted octanol–water partition coefficient (Wildman–Crippen LogP) is 2.62. The summed E-state index contributed by atoms with van der Waals surface area (Å²) in [6, 6.07) is 6.38. The molecular formula is C19H26N4O2. The number of ether oxygens (including phenoxy) is 1. The highest BCUT2D eigenvalue weighted by molar-refractivity contribution is 5.86. The molecular weight excluding hydrogens is 316 g/mol. The van der Waals surface area contributed by atoms with Gasteiger partial charge in [0, 0.05) is 29.7 Å². The van der Waals surface area contributed by atoms with E-state index in [2.05, 4.69) is 27.0 Å². The van der Waals surface area contributed by atoms with Gasteiger partial charge in [0.05, 0.1) is 0 Å². The van der Waals surface area contributed by atoms with Crippen LogP contribution in [0.2, 0.25) is 0 Å². The molecule has 2 aromatic rings. The van der Waals surface area contributed by atoms with E-state index in [0.29, 0.717) is 11.8 Å². The summed E-state index contributed by atoms with van der Waals surface area (Å²) in [5.74, 6) is 0.519. The Labute approximate surface area is 147 Å². The zero-order valence-electron chi connectivity index (χ0n) is 14.5. The molecule has 3 heterocycles. The molecule has 6 nitrogen and oxygen atoms in total. The van der Waals surface area contributed by atoms with Crippen LogP contribution in [0.4, 0.5) is 4.79 Å². The van der Waals surface area contributed by atoms with Gasteiger partial charge in [-0.3, -0.25) is 4.90 Å². The number of primary amides is 1. The number of amides is 1. The third-order valence-electron chi connectivity index (χ3n) is 5.40. The summed E-state index contributed by atoms with van der Waals surface area (Å²) in [5.41, 5.74) is 7.71. The monoisotopic (exact) mass is 342 g/mol. The second kappa shape index (κ2) is 7.06. The zero-order chi connectivity index (χ0) is 17.2. The minimum absolute atomic E-state index is 0.519. The van der Waals surface area contributed by atoms with Gasteiger partial charge in [-0.1, -0.05) is 0 Å². The molecule has 4 rings (SSSR count). The lowest BCUT2D eigenvalue weighted by Crippen LogP contribution is -2.29. The Morgan fingerprint density at radius 2 is 2.00 bits per heavy atom. The fourth-order valence-corrected chi connectivity index (χ4v) is 4.18. The van der Waals surface area contributed by atoms with Crippen molar-refractivity contribution in [2.24, 2.45) is 5.73 Å². The minimum Gasteiger partial charge on any atom is -0.410 e. The molecule has 2 aliphatic rings. The summed E-state index contributed by atoms with van der Waals surface area (Å²) in [4.78, 5) is 13.6. The van der Waals surface area contributed by atoms with Gasteiger partial charge in [-0.2, -0.15) is 0 Å². The van der Waals surface area contributed by atoms with Crippen LogP contribution in [0.1, 0.15) is 37.3 Å². The van der Waals surface area contributed by atoms with E-state index in [0.717, 1.165) is 45.6 Å². The van der Waals surface area contributed by atoms with E-state index < -0.39 is 6.09 Å². The van der Waals surface area contributed by atoms with Gasteiger partial charge in [-0.25, -0.2) is 4.79 Å². The molecule has 0 unspecified atom stereocenters. The Morgan fingerprint density at radius 3 is 2.72 bits per heavy atom. The first-order valence-electron chi connectivity index (χ1n) is 9.24. The molecule has 2 aliphatic heterocycles. The molecule has 1 aromatic heterocycles. The number of hydrogen-bond acceptors (Lipinski definition) is 4. The minimum atomic E-state index is -0.766. The second-order valence-corrected chi connectivity index (χ2v) is 7.13. The molecule has 3 N–H and O–H groups in total. The maximum absolute atomic E-state index is 11.1. The summed E-state index contributed by atoms with van der Waals surface area (Å²) in [6.07, 6.45) is 6.40. The van der Waals surface area contributed by atoms with E-state index in [1.807, 2.05) is 12.1 Å². The highest BCUT2D eigenvalue weighted by atomic mass is 16.5. The number of piperidine rings is 1. The average molecular weight is 342 g/mol. The topological polar surface area (TPSA) is 72.5 Å². The molecule has 2 saturated heterocycles. The lowest BCUT2D eigenvalue weighted by molar-refractivity contribution is 0.211. The first-order chi connectivity index (χ1) is 12.2. The summed E-state index contributed by atoms with van der Waals surface area (Å²) in [6.45, 7) is 5.41. The molecule has 0 saturated carbocycles. The van der Waals surface area contributed by atoms with Gasteiger partial charge in [0.2, 0.25) is 0 Å². The number of fused-ring (bicyclic) bond motifs is 1. The standard InChI is InChI=1S/C19H26N4O2/c20-19(24)25-16-3-4-18-17(11-16)14(12-22-9-1-2-10-22)13-23(18)15-5-7-21-8-6-15/h3-4,11,13,15,21H,1-2,5-10,12H2,(H2,20,24). The number of hydrogen-bond donors (Lipinski definition) is 2. The first kappa shape index (κ1) is 16.4. The first-order valence-corrected chi connectivity index (χ1v) is 9.24. The van der Waals surface area contributed by atoms with E-state index in [1.165, 1.54) is 29.3 Å². The summed E-state index contributed by atoms with van der Waals surface area (Å²) < 4.78 is 7.53. The highest BCUT2D eigenvalue weighted by Gasteiger charge is 2.21. The molecule has 6 heteroatoms. The normalized spacial score (nSPS) is 19.5. The van der Waals surface area contributed by atoms with Crippen molar-refractivity contribution in [1.82, 2.24) is 14.8 Å². The summed E-state index contributed by atoms with van der Waals surface area (Å²) >= 11 is 0. The van der Waals surface area contributed by atoms with Crippen molar-refractivity contribution in [2.75, 3.05) is 26.2 Å². The maximum Gasteiger partial charge on any atom is 0.409 e. The Morgan fingerprint density at radius 1 is 1.24 bits per heavy atom. The third kappa shape index (κ3) is 3.50. The average Bonchev–Trinajstić information content (AvgIpc) is 3.24. The number of rotatable bonds is 4. The number of nitrogens with two attached hydrogens (primary N) is 1. The highest BCUT2D eigenvalue weighted by Crippen LogP contribution is 2.32. The predicted molar refractivity (Wildman–Crippen MR) is 97.8 cm³/mol.